The monoisotopic (exact) mass is 754 g/mol. The molecule has 0 bridgehead atoms. The third-order valence-corrected chi connectivity index (χ3v) is 10.9. The Morgan fingerprint density at radius 2 is 1.80 bits per heavy atom. The van der Waals surface area contributed by atoms with Crippen LogP contribution in [0.2, 0.25) is 0 Å². The van der Waals surface area contributed by atoms with E-state index in [1.807, 2.05) is 36.4 Å². The van der Waals surface area contributed by atoms with Crippen molar-refractivity contribution >= 4 is 23.3 Å². The first-order valence-electron chi connectivity index (χ1n) is 19.7. The predicted octanol–water partition coefficient (Wildman–Crippen LogP) is 6.37. The van der Waals surface area contributed by atoms with Gasteiger partial charge in [-0.25, -0.2) is 0 Å². The van der Waals surface area contributed by atoms with E-state index in [-0.39, 0.29) is 22.8 Å². The van der Waals surface area contributed by atoms with E-state index < -0.39 is 6.10 Å². The number of ether oxygens (including phenoxy) is 2. The number of aliphatic hydroxyl groups is 1. The van der Waals surface area contributed by atoms with Crippen LogP contribution in [0.5, 0.6) is 11.5 Å². The molecule has 2 atom stereocenters. The van der Waals surface area contributed by atoms with E-state index in [4.69, 9.17) is 9.47 Å². The highest BCUT2D eigenvalue weighted by Crippen LogP contribution is 2.36. The van der Waals surface area contributed by atoms with Crippen molar-refractivity contribution in [2.24, 2.45) is 5.92 Å². The van der Waals surface area contributed by atoms with Gasteiger partial charge in [0.1, 0.15) is 11.5 Å². The first-order valence-corrected chi connectivity index (χ1v) is 19.7. The molecule has 0 spiro atoms. The first-order chi connectivity index (χ1) is 26.6. The Hall–Kier alpha value is -4.71. The van der Waals surface area contributed by atoms with E-state index in [2.05, 4.69) is 53.4 Å². The zero-order valence-corrected chi connectivity index (χ0v) is 32.5. The van der Waals surface area contributed by atoms with Gasteiger partial charge in [-0.1, -0.05) is 49.2 Å². The predicted molar refractivity (Wildman–Crippen MR) is 215 cm³/mol. The standard InChI is InChI=1S/C34H39N3O5.C10H19NO2/c1-34(18-17-23-9-4-5-12-28(23)34)37-33(41)24-10-8-11-25(21-24)42-20-7-3-2-6-19-35-22-30(39)26-13-15-29(38)32-27(26)14-16-31(40)36-32;1-9(2)11-5-3-10(4-6-11)7-13-8-12/h4-5,8-16,21,30,35,38-39H,2-3,6-7,17-20,22H2,1H3,(H,36,40)(H,37,41);8-10H,3-7H2,1-2H3. The Balaban J connectivity index is 0.000000378. The van der Waals surface area contributed by atoms with E-state index in [1.54, 1.807) is 12.1 Å². The molecule has 1 fully saturated rings. The van der Waals surface area contributed by atoms with Crippen LogP contribution in [0.3, 0.4) is 0 Å². The number of benzene rings is 3. The van der Waals surface area contributed by atoms with Crippen LogP contribution in [0.1, 0.15) is 98.9 Å². The van der Waals surface area contributed by atoms with Gasteiger partial charge in [-0.15, -0.1) is 0 Å². The number of H-pyrrole nitrogens is 1. The fourth-order valence-electron chi connectivity index (χ4n) is 7.58. The number of hydrogen-bond donors (Lipinski definition) is 5. The smallest absolute Gasteiger partial charge is 0.293 e. The molecule has 4 aromatic rings. The highest BCUT2D eigenvalue weighted by Gasteiger charge is 2.35. The van der Waals surface area contributed by atoms with Gasteiger partial charge in [0.15, 0.2) is 0 Å². The zero-order chi connectivity index (χ0) is 39.2. The van der Waals surface area contributed by atoms with Gasteiger partial charge >= 0.3 is 0 Å². The lowest BCUT2D eigenvalue weighted by Crippen LogP contribution is -2.41. The molecule has 0 saturated carbocycles. The van der Waals surface area contributed by atoms with E-state index in [9.17, 15) is 24.6 Å². The van der Waals surface area contributed by atoms with Crippen molar-refractivity contribution in [3.63, 3.8) is 0 Å². The number of aryl methyl sites for hydroxylation is 1. The number of pyridine rings is 1. The van der Waals surface area contributed by atoms with Crippen molar-refractivity contribution in [1.82, 2.24) is 20.5 Å². The molecule has 1 aliphatic heterocycles. The number of aromatic nitrogens is 1. The van der Waals surface area contributed by atoms with Gasteiger partial charge in [0, 0.05) is 29.6 Å². The van der Waals surface area contributed by atoms with Crippen LogP contribution in [0, 0.1) is 5.92 Å². The average Bonchev–Trinajstić information content (AvgIpc) is 3.52. The zero-order valence-electron chi connectivity index (χ0n) is 32.5. The summed E-state index contributed by atoms with van der Waals surface area (Å²) >= 11 is 0. The molecule has 1 aliphatic carbocycles. The lowest BCUT2D eigenvalue weighted by molar-refractivity contribution is -0.130. The van der Waals surface area contributed by atoms with Crippen molar-refractivity contribution < 1.29 is 29.3 Å². The molecular formula is C44H58N4O7. The van der Waals surface area contributed by atoms with Crippen molar-refractivity contribution in [2.75, 3.05) is 39.4 Å². The minimum atomic E-state index is -0.762. The molecular weight excluding hydrogens is 697 g/mol. The van der Waals surface area contributed by atoms with Gasteiger partial charge in [0.2, 0.25) is 5.56 Å². The summed E-state index contributed by atoms with van der Waals surface area (Å²) in [6.07, 6.45) is 7.33. The Morgan fingerprint density at radius 1 is 1.02 bits per heavy atom. The number of aromatic amines is 1. The maximum absolute atomic E-state index is 13.1. The first kappa shape index (κ1) is 41.5. The summed E-state index contributed by atoms with van der Waals surface area (Å²) in [5.74, 6) is 1.17. The Kier molecular flexibility index (Phi) is 15.3. The molecule has 2 unspecified atom stereocenters. The van der Waals surface area contributed by atoms with Gasteiger partial charge in [-0.2, -0.15) is 0 Å². The molecule has 3 aromatic carbocycles. The van der Waals surface area contributed by atoms with Crippen molar-refractivity contribution in [3.05, 3.63) is 105 Å². The number of likely N-dealkylation sites (tertiary alicyclic amines) is 1. The molecule has 6 rings (SSSR count). The summed E-state index contributed by atoms with van der Waals surface area (Å²) in [6.45, 7) is 11.7. The minimum Gasteiger partial charge on any atom is -0.506 e. The summed E-state index contributed by atoms with van der Waals surface area (Å²) in [4.78, 5) is 39.7. The Morgan fingerprint density at radius 3 is 2.58 bits per heavy atom. The number of amides is 1. The highest BCUT2D eigenvalue weighted by molar-refractivity contribution is 5.95. The summed E-state index contributed by atoms with van der Waals surface area (Å²) in [6, 6.07) is 22.5. The largest absolute Gasteiger partial charge is 0.506 e. The van der Waals surface area contributed by atoms with E-state index in [1.165, 1.54) is 23.3 Å². The second-order valence-electron chi connectivity index (χ2n) is 15.2. The van der Waals surface area contributed by atoms with Crippen LogP contribution in [0.25, 0.3) is 10.9 Å². The SMILES string of the molecule is CC(C)N1CCC(COC=O)CC1.CC1(NC(=O)c2cccc(OCCCCCCNCC(O)c3ccc(O)c4[nH]c(=O)ccc34)c2)CCc2ccccc21. The minimum absolute atomic E-state index is 0.0194. The second-order valence-corrected chi connectivity index (χ2v) is 15.2. The maximum Gasteiger partial charge on any atom is 0.293 e. The molecule has 1 saturated heterocycles. The summed E-state index contributed by atoms with van der Waals surface area (Å²) in [7, 11) is 0. The molecule has 11 nitrogen and oxygen atoms in total. The quantitative estimate of drug-likeness (QED) is 0.0612. The normalized spacial score (nSPS) is 17.6. The maximum atomic E-state index is 13.1. The molecule has 296 valence electrons. The average molecular weight is 755 g/mol. The number of phenols is 1. The van der Waals surface area contributed by atoms with E-state index in [0.717, 1.165) is 71.0 Å². The lowest BCUT2D eigenvalue weighted by atomic mass is 9.93. The molecule has 0 radical (unpaired) electrons. The van der Waals surface area contributed by atoms with Gasteiger partial charge in [-0.05, 0) is 132 Å². The fraction of sp³-hybridized carbons (Fsp3) is 0.477. The number of nitrogens with one attached hydrogen (secondary N) is 3. The third kappa shape index (κ3) is 11.6. The van der Waals surface area contributed by atoms with Crippen LogP contribution < -0.4 is 20.9 Å². The van der Waals surface area contributed by atoms with Crippen LogP contribution in [-0.2, 0) is 21.5 Å². The second kappa shape index (κ2) is 20.3. The number of unbranched alkanes of at least 4 members (excludes halogenated alkanes) is 3. The fourth-order valence-corrected chi connectivity index (χ4v) is 7.58. The highest BCUT2D eigenvalue weighted by atomic mass is 16.5. The molecule has 2 aliphatic rings. The van der Waals surface area contributed by atoms with E-state index in [0.29, 0.717) is 66.0 Å². The number of nitrogens with zero attached hydrogens (tertiary/aromatic N) is 1. The summed E-state index contributed by atoms with van der Waals surface area (Å²) in [5.41, 5.74) is 3.42. The number of carbonyl (C=O) groups is 2. The topological polar surface area (TPSA) is 153 Å². The molecule has 2 heterocycles. The van der Waals surface area contributed by atoms with Crippen molar-refractivity contribution in [1.29, 1.82) is 0 Å². The van der Waals surface area contributed by atoms with Crippen LogP contribution >= 0.6 is 0 Å². The van der Waals surface area contributed by atoms with Crippen molar-refractivity contribution in [3.8, 4) is 11.5 Å². The number of aliphatic hydroxyl groups excluding tert-OH is 1. The van der Waals surface area contributed by atoms with Crippen molar-refractivity contribution in [2.45, 2.75) is 89.8 Å². The lowest BCUT2D eigenvalue weighted by Gasteiger charge is -2.34. The van der Waals surface area contributed by atoms with Gasteiger partial charge < -0.3 is 40.2 Å². The summed E-state index contributed by atoms with van der Waals surface area (Å²) < 4.78 is 10.7. The van der Waals surface area contributed by atoms with Crippen LogP contribution in [-0.4, -0.2) is 77.9 Å². The third-order valence-electron chi connectivity index (χ3n) is 10.9. The number of piperidine rings is 1. The number of phenolic OH excluding ortho intramolecular Hbond substituents is 1. The van der Waals surface area contributed by atoms with Gasteiger partial charge in [-0.3, -0.25) is 14.4 Å². The Bertz CT molecular complexity index is 1900. The van der Waals surface area contributed by atoms with Gasteiger partial charge in [0.25, 0.3) is 12.4 Å². The molecule has 1 amide bonds. The molecule has 55 heavy (non-hydrogen) atoms. The number of hydrogen-bond acceptors (Lipinski definition) is 9. The molecule has 5 N–H and O–H groups in total. The van der Waals surface area contributed by atoms with Gasteiger partial charge in [0.05, 0.1) is 30.4 Å². The number of aromatic hydroxyl groups is 1. The van der Waals surface area contributed by atoms with Crippen LogP contribution in [0.15, 0.2) is 77.6 Å². The number of fused-ring (bicyclic) bond motifs is 2. The number of carbonyl (C=O) groups excluding carboxylic acids is 2. The summed E-state index contributed by atoms with van der Waals surface area (Å²) in [5, 5.41) is 27.8. The van der Waals surface area contributed by atoms with Crippen LogP contribution in [0.4, 0.5) is 0 Å². The van der Waals surface area contributed by atoms with E-state index >= 15 is 0 Å². The Labute approximate surface area is 324 Å². The molecule has 1 aromatic heterocycles. The molecule has 11 heteroatoms. The number of rotatable bonds is 17.